The maximum Gasteiger partial charge on any atom is 0.194 e. The summed E-state index contributed by atoms with van der Waals surface area (Å²) in [6.07, 6.45) is 7.64. The maximum absolute atomic E-state index is 15.6. The maximum atomic E-state index is 15.6. The van der Waals surface area contributed by atoms with Crippen molar-refractivity contribution in [1.82, 2.24) is 15.0 Å². The highest BCUT2D eigenvalue weighted by Gasteiger charge is 2.41. The van der Waals surface area contributed by atoms with Crippen LogP contribution < -0.4 is 5.32 Å². The molecule has 1 aromatic carbocycles. The first-order valence-electron chi connectivity index (χ1n) is 11.3. The highest BCUT2D eigenvalue weighted by atomic mass is 19.1. The third-order valence-corrected chi connectivity index (χ3v) is 7.49. The second-order valence-corrected chi connectivity index (χ2v) is 9.25. The molecule has 3 aromatic heterocycles. The van der Waals surface area contributed by atoms with Crippen LogP contribution in [0.1, 0.15) is 32.6 Å². The van der Waals surface area contributed by atoms with Gasteiger partial charge < -0.3 is 14.7 Å². The molecule has 8 heteroatoms. The lowest BCUT2D eigenvalue weighted by atomic mass is 9.62. The van der Waals surface area contributed by atoms with E-state index in [1.165, 1.54) is 31.4 Å². The minimum absolute atomic E-state index is 0.00680. The molecule has 0 radical (unpaired) electrons. The normalized spacial score (nSPS) is 24.5. The number of fused-ring (bicyclic) bond motifs is 4. The summed E-state index contributed by atoms with van der Waals surface area (Å²) < 4.78 is 49.3. The number of nitrogens with one attached hydrogen (secondary N) is 2. The van der Waals surface area contributed by atoms with Crippen molar-refractivity contribution >= 4 is 16.7 Å². The van der Waals surface area contributed by atoms with Crippen LogP contribution in [0.15, 0.2) is 41.1 Å². The summed E-state index contributed by atoms with van der Waals surface area (Å²) in [4.78, 5) is 11.7. The standard InChI is InChI=1S/C25H23F3N4O/c1-12-13-4-6-14(7-5-13)21(12)30-25-20(28)23(19-3-2-8-33-19)31-24(32-25)17-11-29-22-16(17)9-15(26)10-18(22)27/h2-3,8-14,21,29H,4-7H2,1H3,(H,30,31,32)/t12-,13?,14?,21+/m0/s1. The van der Waals surface area contributed by atoms with Crippen molar-refractivity contribution in [2.24, 2.45) is 17.8 Å². The molecule has 3 saturated carbocycles. The molecule has 7 rings (SSSR count). The molecule has 0 amide bonds. The van der Waals surface area contributed by atoms with Gasteiger partial charge in [0.25, 0.3) is 0 Å². The number of rotatable bonds is 4. The summed E-state index contributed by atoms with van der Waals surface area (Å²) in [7, 11) is 0. The Hall–Kier alpha value is -3.29. The third-order valence-electron chi connectivity index (χ3n) is 7.49. The molecule has 0 aliphatic heterocycles. The van der Waals surface area contributed by atoms with Crippen LogP contribution in [-0.4, -0.2) is 21.0 Å². The minimum atomic E-state index is -0.713. The number of aromatic nitrogens is 3. The lowest BCUT2D eigenvalue weighted by Gasteiger charge is -2.47. The van der Waals surface area contributed by atoms with E-state index in [0.29, 0.717) is 28.7 Å². The molecule has 2 N–H and O–H groups in total. The molecule has 3 fully saturated rings. The molecule has 2 bridgehead atoms. The first kappa shape index (κ1) is 20.3. The lowest BCUT2D eigenvalue weighted by Crippen LogP contribution is -2.47. The molecule has 3 heterocycles. The molecule has 170 valence electrons. The SMILES string of the molecule is C[C@H]1C2CCC(CC2)[C@@H]1Nc1nc(-c2c[nH]c3c(F)cc(F)cc23)nc(-c2ccco2)c1F. The van der Waals surface area contributed by atoms with Gasteiger partial charge in [0.05, 0.1) is 11.8 Å². The van der Waals surface area contributed by atoms with Gasteiger partial charge in [0.15, 0.2) is 23.2 Å². The molecular formula is C25H23F3N4O. The predicted molar refractivity (Wildman–Crippen MR) is 119 cm³/mol. The van der Waals surface area contributed by atoms with Crippen LogP contribution in [0, 0.1) is 35.2 Å². The average molecular weight is 452 g/mol. The number of nitrogens with zero attached hydrogens (tertiary/aromatic N) is 2. The second-order valence-electron chi connectivity index (χ2n) is 9.25. The van der Waals surface area contributed by atoms with Crippen molar-refractivity contribution in [3.05, 3.63) is 54.2 Å². The van der Waals surface area contributed by atoms with E-state index in [2.05, 4.69) is 27.2 Å². The fraction of sp³-hybridized carbons (Fsp3) is 0.360. The van der Waals surface area contributed by atoms with Gasteiger partial charge in [-0.2, -0.15) is 0 Å². The Balaban J connectivity index is 1.49. The summed E-state index contributed by atoms with van der Waals surface area (Å²) in [5.41, 5.74) is 0.538. The van der Waals surface area contributed by atoms with Gasteiger partial charge in [-0.3, -0.25) is 0 Å². The molecule has 3 aliphatic carbocycles. The summed E-state index contributed by atoms with van der Waals surface area (Å²) >= 11 is 0. The van der Waals surface area contributed by atoms with Crippen molar-refractivity contribution in [3.63, 3.8) is 0 Å². The summed E-state index contributed by atoms with van der Waals surface area (Å²) in [5.74, 6) is -0.0215. The van der Waals surface area contributed by atoms with Gasteiger partial charge in [-0.15, -0.1) is 0 Å². The van der Waals surface area contributed by atoms with Crippen LogP contribution in [-0.2, 0) is 0 Å². The average Bonchev–Trinajstić information content (AvgIpc) is 3.48. The van der Waals surface area contributed by atoms with E-state index >= 15 is 4.39 Å². The monoisotopic (exact) mass is 452 g/mol. The van der Waals surface area contributed by atoms with Crippen molar-refractivity contribution in [3.8, 4) is 22.8 Å². The Labute approximate surface area is 188 Å². The number of benzene rings is 1. The van der Waals surface area contributed by atoms with E-state index < -0.39 is 17.5 Å². The summed E-state index contributed by atoms with van der Waals surface area (Å²) in [6, 6.07) is 5.42. The number of furan rings is 1. The number of H-pyrrole nitrogens is 1. The van der Waals surface area contributed by atoms with Crippen LogP contribution >= 0.6 is 0 Å². The fourth-order valence-corrected chi connectivity index (χ4v) is 5.74. The zero-order valence-electron chi connectivity index (χ0n) is 18.0. The second kappa shape index (κ2) is 7.64. The van der Waals surface area contributed by atoms with Crippen LogP contribution in [0.4, 0.5) is 19.0 Å². The third kappa shape index (κ3) is 3.31. The minimum Gasteiger partial charge on any atom is -0.463 e. The lowest BCUT2D eigenvalue weighted by molar-refractivity contribution is 0.0926. The first-order valence-corrected chi connectivity index (χ1v) is 11.3. The van der Waals surface area contributed by atoms with Gasteiger partial charge in [0.2, 0.25) is 0 Å². The van der Waals surface area contributed by atoms with Gasteiger partial charge in [0.1, 0.15) is 17.3 Å². The zero-order chi connectivity index (χ0) is 22.7. The quantitative estimate of drug-likeness (QED) is 0.369. The summed E-state index contributed by atoms with van der Waals surface area (Å²) in [6.45, 7) is 2.21. The Morgan fingerprint density at radius 3 is 2.58 bits per heavy atom. The van der Waals surface area contributed by atoms with Crippen LogP contribution in [0.2, 0.25) is 0 Å². The fourth-order valence-electron chi connectivity index (χ4n) is 5.74. The van der Waals surface area contributed by atoms with Crippen LogP contribution in [0.3, 0.4) is 0 Å². The Morgan fingerprint density at radius 1 is 1.06 bits per heavy atom. The number of hydrogen-bond acceptors (Lipinski definition) is 4. The number of anilines is 1. The Kier molecular flexibility index (Phi) is 4.71. The van der Waals surface area contributed by atoms with Crippen LogP contribution in [0.5, 0.6) is 0 Å². The van der Waals surface area contributed by atoms with Gasteiger partial charge >= 0.3 is 0 Å². The Morgan fingerprint density at radius 2 is 1.85 bits per heavy atom. The smallest absolute Gasteiger partial charge is 0.194 e. The topological polar surface area (TPSA) is 66.7 Å². The number of halogens is 3. The number of hydrogen-bond donors (Lipinski definition) is 2. The van der Waals surface area contributed by atoms with E-state index in [-0.39, 0.29) is 34.7 Å². The van der Waals surface area contributed by atoms with E-state index in [9.17, 15) is 8.78 Å². The first-order chi connectivity index (χ1) is 16.0. The molecule has 0 spiro atoms. The van der Waals surface area contributed by atoms with E-state index in [4.69, 9.17) is 4.42 Å². The molecule has 5 nitrogen and oxygen atoms in total. The molecule has 33 heavy (non-hydrogen) atoms. The van der Waals surface area contributed by atoms with E-state index in [0.717, 1.165) is 18.9 Å². The van der Waals surface area contributed by atoms with Crippen molar-refractivity contribution in [2.45, 2.75) is 38.6 Å². The van der Waals surface area contributed by atoms with Crippen molar-refractivity contribution in [2.75, 3.05) is 5.32 Å². The highest BCUT2D eigenvalue weighted by Crippen LogP contribution is 2.46. The van der Waals surface area contributed by atoms with Crippen molar-refractivity contribution in [1.29, 1.82) is 0 Å². The van der Waals surface area contributed by atoms with Gasteiger partial charge in [-0.25, -0.2) is 23.1 Å². The highest BCUT2D eigenvalue weighted by molar-refractivity contribution is 5.94. The number of aromatic amines is 1. The summed E-state index contributed by atoms with van der Waals surface area (Å²) in [5, 5.41) is 3.67. The molecular weight excluding hydrogens is 429 g/mol. The van der Waals surface area contributed by atoms with Gasteiger partial charge in [-0.1, -0.05) is 6.92 Å². The van der Waals surface area contributed by atoms with Crippen LogP contribution in [0.25, 0.3) is 33.7 Å². The largest absolute Gasteiger partial charge is 0.463 e. The molecule has 0 saturated heterocycles. The molecule has 2 atom stereocenters. The van der Waals surface area contributed by atoms with Crippen molar-refractivity contribution < 1.29 is 17.6 Å². The molecule has 4 aromatic rings. The van der Waals surface area contributed by atoms with Gasteiger partial charge in [-0.05, 0) is 61.6 Å². The van der Waals surface area contributed by atoms with E-state index in [1.807, 2.05) is 0 Å². The molecule has 0 unspecified atom stereocenters. The molecule has 3 aliphatic rings. The van der Waals surface area contributed by atoms with Gasteiger partial charge in [0, 0.05) is 29.3 Å². The predicted octanol–water partition coefficient (Wildman–Crippen LogP) is 6.54. The zero-order valence-corrected chi connectivity index (χ0v) is 18.0. The Bertz CT molecular complexity index is 1320. The van der Waals surface area contributed by atoms with E-state index in [1.54, 1.807) is 12.1 Å².